The molecule has 122 valence electrons. The van der Waals surface area contributed by atoms with Gasteiger partial charge in [-0.2, -0.15) is 0 Å². The Hall–Kier alpha value is -1.34. The summed E-state index contributed by atoms with van der Waals surface area (Å²) in [6.45, 7) is 9.31. The average Bonchev–Trinajstić information content (AvgIpc) is 2.31. The Morgan fingerprint density at radius 2 is 2.00 bits per heavy atom. The first kappa shape index (κ1) is 17.7. The van der Waals surface area contributed by atoms with Gasteiger partial charge in [0.15, 0.2) is 0 Å². The minimum atomic E-state index is -1.07. The Bertz CT molecular complexity index is 403. The topological polar surface area (TPSA) is 99.1 Å². The van der Waals surface area contributed by atoms with Gasteiger partial charge in [-0.15, -0.1) is 0 Å². The Balaban J connectivity index is 2.80. The number of carboxylic acid groups (broad SMARTS) is 1. The highest BCUT2D eigenvalue weighted by molar-refractivity contribution is 5.83. The number of urea groups is 1. The number of rotatable bonds is 3. The number of aliphatic carboxylic acids is 1. The van der Waals surface area contributed by atoms with Crippen LogP contribution in [-0.2, 0) is 9.53 Å². The van der Waals surface area contributed by atoms with Gasteiger partial charge in [-0.05, 0) is 19.3 Å². The number of carboxylic acids is 1. The lowest BCUT2D eigenvalue weighted by molar-refractivity contribution is -0.143. The van der Waals surface area contributed by atoms with E-state index in [4.69, 9.17) is 4.74 Å². The molecule has 2 atom stereocenters. The van der Waals surface area contributed by atoms with Crippen LogP contribution in [-0.4, -0.2) is 64.6 Å². The molecule has 0 spiro atoms. The van der Waals surface area contributed by atoms with Gasteiger partial charge in [0, 0.05) is 0 Å². The Labute approximate surface area is 125 Å². The van der Waals surface area contributed by atoms with Crippen LogP contribution in [0.3, 0.4) is 0 Å². The first-order valence-electron chi connectivity index (χ1n) is 7.03. The predicted molar refractivity (Wildman–Crippen MR) is 77.0 cm³/mol. The molecule has 7 nitrogen and oxygen atoms in total. The van der Waals surface area contributed by atoms with E-state index in [1.165, 1.54) is 4.90 Å². The lowest BCUT2D eigenvalue weighted by Crippen LogP contribution is -2.60. The normalized spacial score (nSPS) is 23.5. The molecule has 0 saturated carbocycles. The van der Waals surface area contributed by atoms with Crippen LogP contribution in [0.2, 0.25) is 0 Å². The fraction of sp³-hybridized carbons (Fsp3) is 0.857. The molecule has 0 aromatic rings. The van der Waals surface area contributed by atoms with Crippen molar-refractivity contribution in [3.05, 3.63) is 0 Å². The summed E-state index contributed by atoms with van der Waals surface area (Å²) in [6.07, 6.45) is -0.461. The maximum absolute atomic E-state index is 12.3. The van der Waals surface area contributed by atoms with E-state index in [2.05, 4.69) is 5.32 Å². The van der Waals surface area contributed by atoms with Gasteiger partial charge in [0.1, 0.15) is 6.04 Å². The molecule has 1 heterocycles. The average molecular weight is 302 g/mol. The molecule has 21 heavy (non-hydrogen) atoms. The summed E-state index contributed by atoms with van der Waals surface area (Å²) >= 11 is 0. The van der Waals surface area contributed by atoms with Crippen LogP contribution in [0.4, 0.5) is 4.79 Å². The number of nitrogens with one attached hydrogen (secondary N) is 1. The van der Waals surface area contributed by atoms with E-state index in [1.54, 1.807) is 20.8 Å². The van der Waals surface area contributed by atoms with Gasteiger partial charge in [-0.3, -0.25) is 0 Å². The summed E-state index contributed by atoms with van der Waals surface area (Å²) in [5, 5.41) is 21.1. The number of amides is 2. The fourth-order valence-electron chi connectivity index (χ4n) is 2.41. The first-order chi connectivity index (χ1) is 9.46. The second-order valence-corrected chi connectivity index (χ2v) is 7.15. The quantitative estimate of drug-likeness (QED) is 0.711. The number of aliphatic hydroxyl groups excluding tert-OH is 1. The molecule has 2 amide bonds. The SMILES string of the molecule is CC1(C)CN(C(=O)N[C@H](C(=O)O)C(C)(C)C)CC(CO)O1. The minimum Gasteiger partial charge on any atom is -0.480 e. The smallest absolute Gasteiger partial charge is 0.326 e. The summed E-state index contributed by atoms with van der Waals surface area (Å²) in [5.74, 6) is -1.07. The van der Waals surface area contributed by atoms with Crippen LogP contribution >= 0.6 is 0 Å². The van der Waals surface area contributed by atoms with Crippen molar-refractivity contribution in [1.29, 1.82) is 0 Å². The van der Waals surface area contributed by atoms with Crippen molar-refractivity contribution < 1.29 is 24.5 Å². The second kappa shape index (κ2) is 6.19. The standard InChI is InChI=1S/C14H26N2O5/c1-13(2,3)10(11(18)19)15-12(20)16-6-9(7-17)21-14(4,5)8-16/h9-10,17H,6-8H2,1-5H3,(H,15,20)(H,18,19)/t9?,10-/m1/s1. The zero-order chi connectivity index (χ0) is 16.4. The van der Waals surface area contributed by atoms with Gasteiger partial charge < -0.3 is 25.2 Å². The van der Waals surface area contributed by atoms with Gasteiger partial charge in [-0.1, -0.05) is 20.8 Å². The van der Waals surface area contributed by atoms with Crippen molar-refractivity contribution in [2.24, 2.45) is 5.41 Å². The first-order valence-corrected chi connectivity index (χ1v) is 7.03. The number of carbonyl (C=O) groups is 2. The zero-order valence-electron chi connectivity index (χ0n) is 13.3. The number of nitrogens with zero attached hydrogens (tertiary/aromatic N) is 1. The molecule has 0 aromatic carbocycles. The van der Waals surface area contributed by atoms with E-state index in [-0.39, 0.29) is 13.2 Å². The third-order valence-corrected chi connectivity index (χ3v) is 3.35. The van der Waals surface area contributed by atoms with Crippen molar-refractivity contribution in [2.75, 3.05) is 19.7 Å². The summed E-state index contributed by atoms with van der Waals surface area (Å²) < 4.78 is 5.64. The molecule has 1 saturated heterocycles. The van der Waals surface area contributed by atoms with Gasteiger partial charge >= 0.3 is 12.0 Å². The number of hydrogen-bond acceptors (Lipinski definition) is 4. The summed E-state index contributed by atoms with van der Waals surface area (Å²) in [7, 11) is 0. The van der Waals surface area contributed by atoms with Crippen molar-refractivity contribution >= 4 is 12.0 Å². The van der Waals surface area contributed by atoms with Crippen LogP contribution in [0, 0.1) is 5.41 Å². The molecule has 0 bridgehead atoms. The second-order valence-electron chi connectivity index (χ2n) is 7.15. The summed E-state index contributed by atoms with van der Waals surface area (Å²) in [6, 6.07) is -1.43. The van der Waals surface area contributed by atoms with Crippen LogP contribution < -0.4 is 5.32 Å². The molecule has 3 N–H and O–H groups in total. The number of hydrogen-bond donors (Lipinski definition) is 3. The molecule has 1 aliphatic rings. The van der Waals surface area contributed by atoms with Gasteiger partial charge in [-0.25, -0.2) is 9.59 Å². The Morgan fingerprint density at radius 3 is 2.43 bits per heavy atom. The van der Waals surface area contributed by atoms with Crippen molar-refractivity contribution in [1.82, 2.24) is 10.2 Å². The monoisotopic (exact) mass is 302 g/mol. The largest absolute Gasteiger partial charge is 0.480 e. The fourth-order valence-corrected chi connectivity index (χ4v) is 2.41. The lowest BCUT2D eigenvalue weighted by Gasteiger charge is -2.42. The number of ether oxygens (including phenoxy) is 1. The maximum atomic E-state index is 12.3. The van der Waals surface area contributed by atoms with E-state index in [9.17, 15) is 19.8 Å². The number of aliphatic hydroxyl groups is 1. The molecular weight excluding hydrogens is 276 g/mol. The molecule has 0 aliphatic carbocycles. The minimum absolute atomic E-state index is 0.186. The highest BCUT2D eigenvalue weighted by Crippen LogP contribution is 2.23. The maximum Gasteiger partial charge on any atom is 0.326 e. The van der Waals surface area contributed by atoms with E-state index in [0.29, 0.717) is 6.54 Å². The van der Waals surface area contributed by atoms with Gasteiger partial charge in [0.25, 0.3) is 0 Å². The Kier molecular flexibility index (Phi) is 5.22. The molecule has 1 unspecified atom stereocenters. The molecule has 1 fully saturated rings. The Morgan fingerprint density at radius 1 is 1.43 bits per heavy atom. The molecule has 1 rings (SSSR count). The van der Waals surface area contributed by atoms with E-state index < -0.39 is 35.2 Å². The zero-order valence-corrected chi connectivity index (χ0v) is 13.3. The van der Waals surface area contributed by atoms with Crippen LogP contribution in [0.15, 0.2) is 0 Å². The third-order valence-electron chi connectivity index (χ3n) is 3.35. The third kappa shape index (κ3) is 4.86. The van der Waals surface area contributed by atoms with E-state index in [1.807, 2.05) is 13.8 Å². The van der Waals surface area contributed by atoms with Crippen molar-refractivity contribution in [3.63, 3.8) is 0 Å². The predicted octanol–water partition coefficient (Wildman–Crippen LogP) is 0.667. The van der Waals surface area contributed by atoms with E-state index >= 15 is 0 Å². The van der Waals surface area contributed by atoms with Crippen LogP contribution in [0.5, 0.6) is 0 Å². The van der Waals surface area contributed by atoms with Crippen LogP contribution in [0.1, 0.15) is 34.6 Å². The molecule has 7 heteroatoms. The van der Waals surface area contributed by atoms with Gasteiger partial charge in [0.05, 0.1) is 31.4 Å². The molecule has 1 aliphatic heterocycles. The summed E-state index contributed by atoms with van der Waals surface area (Å²) in [4.78, 5) is 25.1. The molecular formula is C14H26N2O5. The number of carbonyl (C=O) groups excluding carboxylic acids is 1. The number of morpholine rings is 1. The lowest BCUT2D eigenvalue weighted by atomic mass is 9.87. The van der Waals surface area contributed by atoms with Crippen LogP contribution in [0.25, 0.3) is 0 Å². The van der Waals surface area contributed by atoms with Gasteiger partial charge in [0.2, 0.25) is 0 Å². The van der Waals surface area contributed by atoms with Crippen molar-refractivity contribution in [2.45, 2.75) is 52.4 Å². The van der Waals surface area contributed by atoms with E-state index in [0.717, 1.165) is 0 Å². The highest BCUT2D eigenvalue weighted by atomic mass is 16.5. The molecule has 0 aromatic heterocycles. The highest BCUT2D eigenvalue weighted by Gasteiger charge is 2.38. The summed E-state index contributed by atoms with van der Waals surface area (Å²) in [5.41, 5.74) is -1.18. The molecule has 0 radical (unpaired) electrons. The van der Waals surface area contributed by atoms with Crippen molar-refractivity contribution in [3.8, 4) is 0 Å².